The Morgan fingerprint density at radius 2 is 1.68 bits per heavy atom. The molecular weight excluding hydrogens is 474 g/mol. The van der Waals surface area contributed by atoms with Gasteiger partial charge in [0.15, 0.2) is 0 Å². The highest BCUT2D eigenvalue weighted by molar-refractivity contribution is 5.79. The van der Waals surface area contributed by atoms with Gasteiger partial charge in [-0.2, -0.15) is 0 Å². The number of benzene rings is 4. The number of allylic oxidation sites excluding steroid dienone is 1. The largest absolute Gasteiger partial charge is 0.496 e. The van der Waals surface area contributed by atoms with E-state index < -0.39 is 0 Å². The first-order valence-corrected chi connectivity index (χ1v) is 12.4. The maximum atomic E-state index is 13.6. The van der Waals surface area contributed by atoms with Crippen LogP contribution in [0.15, 0.2) is 114 Å². The van der Waals surface area contributed by atoms with E-state index in [1.807, 2.05) is 104 Å². The van der Waals surface area contributed by atoms with Crippen LogP contribution in [0.5, 0.6) is 11.5 Å². The fourth-order valence-corrected chi connectivity index (χ4v) is 4.37. The number of nitrogens with zero attached hydrogens (tertiary/aromatic N) is 2. The van der Waals surface area contributed by atoms with Gasteiger partial charge in [0, 0.05) is 22.5 Å². The van der Waals surface area contributed by atoms with Crippen molar-refractivity contribution in [3.63, 3.8) is 0 Å². The van der Waals surface area contributed by atoms with E-state index in [2.05, 4.69) is 11.9 Å². The first kappa shape index (κ1) is 24.8. The van der Waals surface area contributed by atoms with Crippen molar-refractivity contribution in [1.29, 1.82) is 0 Å². The van der Waals surface area contributed by atoms with Crippen molar-refractivity contribution in [1.82, 2.24) is 9.55 Å². The summed E-state index contributed by atoms with van der Waals surface area (Å²) in [5.41, 5.74) is 5.08. The number of nitrogens with one attached hydrogen (secondary N) is 1. The Kier molecular flexibility index (Phi) is 7.22. The molecule has 0 fully saturated rings. The molecule has 0 unspecified atom stereocenters. The molecule has 0 radical (unpaired) electrons. The summed E-state index contributed by atoms with van der Waals surface area (Å²) in [5.74, 6) is 2.03. The van der Waals surface area contributed by atoms with Gasteiger partial charge < -0.3 is 14.8 Å². The number of para-hydroxylation sites is 1. The molecule has 0 atom stereocenters. The second-order valence-corrected chi connectivity index (χ2v) is 9.07. The highest BCUT2D eigenvalue weighted by Gasteiger charge is 2.15. The van der Waals surface area contributed by atoms with E-state index in [-0.39, 0.29) is 5.56 Å². The van der Waals surface area contributed by atoms with E-state index in [1.54, 1.807) is 11.7 Å². The van der Waals surface area contributed by atoms with Crippen LogP contribution in [0.25, 0.3) is 22.3 Å². The number of fused-ring (bicyclic) bond motifs is 1. The minimum absolute atomic E-state index is 0.0773. The summed E-state index contributed by atoms with van der Waals surface area (Å²) in [6.45, 7) is 6.48. The van der Waals surface area contributed by atoms with Crippen molar-refractivity contribution in [3.05, 3.63) is 131 Å². The lowest BCUT2D eigenvalue weighted by atomic mass is 10.1. The van der Waals surface area contributed by atoms with Crippen LogP contribution in [0.4, 0.5) is 5.69 Å². The maximum absolute atomic E-state index is 13.6. The molecule has 0 bridgehead atoms. The van der Waals surface area contributed by atoms with Gasteiger partial charge in [0.2, 0.25) is 0 Å². The van der Waals surface area contributed by atoms with E-state index in [1.165, 1.54) is 0 Å². The van der Waals surface area contributed by atoms with Crippen molar-refractivity contribution >= 4 is 16.6 Å². The summed E-state index contributed by atoms with van der Waals surface area (Å²) in [6, 6.07) is 30.9. The molecule has 1 aromatic heterocycles. The third kappa shape index (κ3) is 5.44. The second kappa shape index (κ2) is 11.0. The second-order valence-electron chi connectivity index (χ2n) is 9.07. The summed E-state index contributed by atoms with van der Waals surface area (Å²) in [4.78, 5) is 18.5. The highest BCUT2D eigenvalue weighted by atomic mass is 16.5. The van der Waals surface area contributed by atoms with Gasteiger partial charge in [-0.05, 0) is 67.1 Å². The van der Waals surface area contributed by atoms with Gasteiger partial charge in [-0.3, -0.25) is 9.36 Å². The lowest BCUT2D eigenvalue weighted by molar-refractivity contribution is 0.297. The minimum atomic E-state index is -0.0773. The number of hydrogen-bond donors (Lipinski definition) is 1. The standard InChI is InChI=1S/C32H29N3O3/c1-22(2)33-26-14-16-27(17-15-26)38-21-25-19-24(13-18-30(25)37-3)31-34-29-12-8-7-11-28(29)32(36)35(31)20-23-9-5-4-6-10-23/h4-19,33H,1,20-21H2,2-3H3. The zero-order chi connectivity index (χ0) is 26.5. The molecule has 5 aromatic rings. The molecule has 5 rings (SSSR count). The molecule has 6 nitrogen and oxygen atoms in total. The topological polar surface area (TPSA) is 65.4 Å². The first-order chi connectivity index (χ1) is 18.5. The van der Waals surface area contributed by atoms with Gasteiger partial charge in [0.25, 0.3) is 5.56 Å². The van der Waals surface area contributed by atoms with E-state index in [9.17, 15) is 4.79 Å². The normalized spacial score (nSPS) is 10.8. The number of ether oxygens (including phenoxy) is 2. The Hall–Kier alpha value is -4.84. The van der Waals surface area contributed by atoms with Crippen molar-refractivity contribution in [2.24, 2.45) is 0 Å². The zero-order valence-electron chi connectivity index (χ0n) is 21.5. The van der Waals surface area contributed by atoms with Crippen LogP contribution >= 0.6 is 0 Å². The van der Waals surface area contributed by atoms with Gasteiger partial charge in [-0.25, -0.2) is 4.98 Å². The van der Waals surface area contributed by atoms with Crippen LogP contribution in [-0.2, 0) is 13.2 Å². The van der Waals surface area contributed by atoms with E-state index >= 15 is 0 Å². The number of anilines is 1. The van der Waals surface area contributed by atoms with Gasteiger partial charge in [0.05, 0.1) is 24.6 Å². The summed E-state index contributed by atoms with van der Waals surface area (Å²) < 4.78 is 13.4. The van der Waals surface area contributed by atoms with Crippen LogP contribution in [0.3, 0.4) is 0 Å². The van der Waals surface area contributed by atoms with Crippen LogP contribution in [0.1, 0.15) is 18.1 Å². The monoisotopic (exact) mass is 503 g/mol. The first-order valence-electron chi connectivity index (χ1n) is 12.4. The highest BCUT2D eigenvalue weighted by Crippen LogP contribution is 2.28. The maximum Gasteiger partial charge on any atom is 0.261 e. The van der Waals surface area contributed by atoms with Crippen LogP contribution in [0.2, 0.25) is 0 Å². The van der Waals surface area contributed by atoms with Crippen molar-refractivity contribution in [3.8, 4) is 22.9 Å². The number of rotatable bonds is 9. The predicted molar refractivity (Wildman–Crippen MR) is 153 cm³/mol. The molecule has 190 valence electrons. The number of methoxy groups -OCH3 is 1. The van der Waals surface area contributed by atoms with Gasteiger partial charge in [-0.1, -0.05) is 49.0 Å². The third-order valence-corrected chi connectivity index (χ3v) is 6.19. The molecule has 0 saturated heterocycles. The van der Waals surface area contributed by atoms with Crippen molar-refractivity contribution in [2.45, 2.75) is 20.1 Å². The van der Waals surface area contributed by atoms with Crippen molar-refractivity contribution < 1.29 is 9.47 Å². The molecule has 6 heteroatoms. The Balaban J connectivity index is 1.51. The predicted octanol–water partition coefficient (Wildman–Crippen LogP) is 6.64. The van der Waals surface area contributed by atoms with Gasteiger partial charge in [0.1, 0.15) is 23.9 Å². The van der Waals surface area contributed by atoms with E-state index in [0.717, 1.165) is 33.8 Å². The van der Waals surface area contributed by atoms with Crippen LogP contribution < -0.4 is 20.3 Å². The molecular formula is C32H29N3O3. The fraction of sp³-hybridized carbons (Fsp3) is 0.125. The van der Waals surface area contributed by atoms with Crippen molar-refractivity contribution in [2.75, 3.05) is 12.4 Å². The number of hydrogen-bond acceptors (Lipinski definition) is 5. The summed E-state index contributed by atoms with van der Waals surface area (Å²) in [7, 11) is 1.64. The Bertz CT molecular complexity index is 1640. The smallest absolute Gasteiger partial charge is 0.261 e. The van der Waals surface area contributed by atoms with Crippen LogP contribution in [-0.4, -0.2) is 16.7 Å². The Morgan fingerprint density at radius 3 is 2.42 bits per heavy atom. The molecule has 38 heavy (non-hydrogen) atoms. The minimum Gasteiger partial charge on any atom is -0.496 e. The summed E-state index contributed by atoms with van der Waals surface area (Å²) in [6.07, 6.45) is 0. The average molecular weight is 504 g/mol. The van der Waals surface area contributed by atoms with Crippen LogP contribution in [0, 0.1) is 0 Å². The van der Waals surface area contributed by atoms with E-state index in [4.69, 9.17) is 14.5 Å². The molecule has 0 aliphatic heterocycles. The fourth-order valence-electron chi connectivity index (χ4n) is 4.37. The lowest BCUT2D eigenvalue weighted by Crippen LogP contribution is -2.24. The lowest BCUT2D eigenvalue weighted by Gasteiger charge is -2.16. The van der Waals surface area contributed by atoms with E-state index in [0.29, 0.717) is 35.6 Å². The van der Waals surface area contributed by atoms with Gasteiger partial charge in [-0.15, -0.1) is 0 Å². The molecule has 0 aliphatic rings. The zero-order valence-corrected chi connectivity index (χ0v) is 21.5. The molecule has 0 aliphatic carbocycles. The molecule has 0 saturated carbocycles. The third-order valence-electron chi connectivity index (χ3n) is 6.19. The summed E-state index contributed by atoms with van der Waals surface area (Å²) >= 11 is 0. The Labute approximate surface area is 221 Å². The molecule has 1 N–H and O–H groups in total. The summed E-state index contributed by atoms with van der Waals surface area (Å²) in [5, 5.41) is 3.78. The number of aromatic nitrogens is 2. The van der Waals surface area contributed by atoms with Gasteiger partial charge >= 0.3 is 0 Å². The molecule has 0 spiro atoms. The molecule has 0 amide bonds. The molecule has 1 heterocycles. The Morgan fingerprint density at radius 1 is 0.947 bits per heavy atom. The SMILES string of the molecule is C=C(C)Nc1ccc(OCc2cc(-c3nc4ccccc4c(=O)n3Cc3ccccc3)ccc2OC)cc1. The average Bonchev–Trinajstić information content (AvgIpc) is 2.94. The quantitative estimate of drug-likeness (QED) is 0.244. The molecule has 4 aromatic carbocycles.